The van der Waals surface area contributed by atoms with Gasteiger partial charge in [0, 0.05) is 35.1 Å². The number of benzene rings is 1. The number of nitrogens with one attached hydrogen (secondary N) is 1. The molecule has 1 fully saturated rings. The molecule has 12 heteroatoms. The lowest BCUT2D eigenvalue weighted by atomic mass is 10.2. The Balaban J connectivity index is 2.19. The van der Waals surface area contributed by atoms with Gasteiger partial charge in [0.05, 0.1) is 10.9 Å². The van der Waals surface area contributed by atoms with E-state index in [2.05, 4.69) is 36.6 Å². The van der Waals surface area contributed by atoms with E-state index in [1.807, 2.05) is 6.92 Å². The minimum atomic E-state index is -3.87. The smallest absolute Gasteiger partial charge is 0.410 e. The Bertz CT molecular complexity index is 951. The average Bonchev–Trinajstić information content (AvgIpc) is 3.08. The van der Waals surface area contributed by atoms with E-state index >= 15 is 0 Å². The summed E-state index contributed by atoms with van der Waals surface area (Å²) in [4.78, 5) is 27.7. The highest BCUT2D eigenvalue weighted by Gasteiger charge is 2.40. The van der Waals surface area contributed by atoms with Gasteiger partial charge in [0.2, 0.25) is 10.0 Å². The summed E-state index contributed by atoms with van der Waals surface area (Å²) >= 11 is 6.55. The Labute approximate surface area is 206 Å². The van der Waals surface area contributed by atoms with E-state index in [0.29, 0.717) is 15.5 Å². The number of sulfonamides is 1. The van der Waals surface area contributed by atoms with Crippen molar-refractivity contribution in [2.24, 2.45) is 0 Å². The van der Waals surface area contributed by atoms with Crippen LogP contribution >= 0.6 is 31.9 Å². The molecule has 32 heavy (non-hydrogen) atoms. The molecule has 1 aromatic rings. The second-order valence-electron chi connectivity index (χ2n) is 8.51. The van der Waals surface area contributed by atoms with Gasteiger partial charge in [0.1, 0.15) is 12.2 Å². The van der Waals surface area contributed by atoms with Crippen LogP contribution in [0.4, 0.5) is 9.59 Å². The molecule has 1 saturated heterocycles. The lowest BCUT2D eigenvalue weighted by Crippen LogP contribution is -2.43. The van der Waals surface area contributed by atoms with Gasteiger partial charge in [-0.05, 0) is 68.2 Å². The van der Waals surface area contributed by atoms with E-state index in [0.717, 1.165) is 0 Å². The predicted molar refractivity (Wildman–Crippen MR) is 127 cm³/mol. The Morgan fingerprint density at radius 2 is 1.94 bits per heavy atom. The lowest BCUT2D eigenvalue weighted by molar-refractivity contribution is 0.0141. The minimum absolute atomic E-state index is 0.0682. The second kappa shape index (κ2) is 10.7. The lowest BCUT2D eigenvalue weighted by Gasteiger charge is -2.28. The van der Waals surface area contributed by atoms with Crippen molar-refractivity contribution in [3.8, 4) is 0 Å². The zero-order valence-corrected chi connectivity index (χ0v) is 22.7. The fourth-order valence-corrected chi connectivity index (χ4v) is 5.82. The molecule has 2 atom stereocenters. The van der Waals surface area contributed by atoms with E-state index in [4.69, 9.17) is 9.47 Å². The molecule has 0 aromatic heterocycles. The first-order chi connectivity index (χ1) is 14.7. The van der Waals surface area contributed by atoms with Crippen LogP contribution < -0.4 is 4.72 Å². The van der Waals surface area contributed by atoms with Gasteiger partial charge in [0.25, 0.3) is 0 Å². The topological polar surface area (TPSA) is 105 Å². The molecule has 0 aliphatic carbocycles. The Kier molecular flexibility index (Phi) is 8.99. The van der Waals surface area contributed by atoms with Gasteiger partial charge in [-0.15, -0.1) is 0 Å². The molecule has 0 radical (unpaired) electrons. The summed E-state index contributed by atoms with van der Waals surface area (Å²) in [5, 5.41) is 0. The highest BCUT2D eigenvalue weighted by Crippen LogP contribution is 2.28. The predicted octanol–water partition coefficient (Wildman–Crippen LogP) is 3.96. The number of carbonyl (C=O) groups is 2. The first-order valence-electron chi connectivity index (χ1n) is 10.1. The van der Waals surface area contributed by atoms with Crippen molar-refractivity contribution >= 4 is 54.1 Å². The highest BCUT2D eigenvalue weighted by molar-refractivity contribution is 9.11. The van der Waals surface area contributed by atoms with Crippen LogP contribution in [0.5, 0.6) is 0 Å². The van der Waals surface area contributed by atoms with Gasteiger partial charge in [0.15, 0.2) is 0 Å². The first-order valence-corrected chi connectivity index (χ1v) is 13.1. The molecule has 1 aliphatic rings. The number of likely N-dealkylation sites (tertiary alicyclic amines) is 1. The van der Waals surface area contributed by atoms with Crippen LogP contribution in [0.15, 0.2) is 32.0 Å². The summed E-state index contributed by atoms with van der Waals surface area (Å²) in [6.07, 6.45) is -0.834. The van der Waals surface area contributed by atoms with Gasteiger partial charge in [-0.1, -0.05) is 15.9 Å². The van der Waals surface area contributed by atoms with Gasteiger partial charge in [-0.25, -0.2) is 22.7 Å². The van der Waals surface area contributed by atoms with Crippen LogP contribution in [-0.4, -0.2) is 74.8 Å². The Hall–Kier alpha value is -1.37. The quantitative estimate of drug-likeness (QED) is 0.531. The van der Waals surface area contributed by atoms with Crippen molar-refractivity contribution in [3.05, 3.63) is 27.1 Å². The fourth-order valence-electron chi connectivity index (χ4n) is 3.08. The van der Waals surface area contributed by atoms with Crippen molar-refractivity contribution in [2.75, 3.05) is 26.7 Å². The van der Waals surface area contributed by atoms with Crippen molar-refractivity contribution in [2.45, 2.75) is 56.7 Å². The number of rotatable bonds is 6. The van der Waals surface area contributed by atoms with Crippen LogP contribution in [0.3, 0.4) is 0 Å². The molecule has 2 rings (SSSR count). The van der Waals surface area contributed by atoms with Crippen LogP contribution in [0.2, 0.25) is 0 Å². The molecule has 1 aromatic carbocycles. The van der Waals surface area contributed by atoms with E-state index in [9.17, 15) is 18.0 Å². The highest BCUT2D eigenvalue weighted by atomic mass is 79.9. The second-order valence-corrected chi connectivity index (χ2v) is 12.0. The Morgan fingerprint density at radius 3 is 2.53 bits per heavy atom. The van der Waals surface area contributed by atoms with Gasteiger partial charge < -0.3 is 19.3 Å². The van der Waals surface area contributed by atoms with Crippen LogP contribution in [0.25, 0.3) is 0 Å². The zero-order valence-electron chi connectivity index (χ0n) is 18.7. The molecule has 0 spiro atoms. The number of nitrogens with zero attached hydrogens (tertiary/aromatic N) is 2. The molecular weight excluding hydrogens is 570 g/mol. The third-order valence-corrected chi connectivity index (χ3v) is 7.74. The monoisotopic (exact) mass is 597 g/mol. The number of carbonyl (C=O) groups excluding carboxylic acids is 2. The number of amides is 2. The van der Waals surface area contributed by atoms with Crippen molar-refractivity contribution in [1.82, 2.24) is 14.5 Å². The summed E-state index contributed by atoms with van der Waals surface area (Å²) in [6.45, 7) is 7.55. The van der Waals surface area contributed by atoms with Crippen molar-refractivity contribution < 1.29 is 27.5 Å². The van der Waals surface area contributed by atoms with Crippen molar-refractivity contribution in [1.29, 1.82) is 0 Å². The molecule has 1 N–H and O–H groups in total. The molecule has 180 valence electrons. The Morgan fingerprint density at radius 1 is 1.28 bits per heavy atom. The molecule has 0 unspecified atom stereocenters. The third-order valence-electron chi connectivity index (χ3n) is 4.73. The van der Waals surface area contributed by atoms with E-state index in [-0.39, 0.29) is 24.5 Å². The molecule has 9 nitrogen and oxygen atoms in total. The van der Waals surface area contributed by atoms with Gasteiger partial charge in [-0.3, -0.25) is 0 Å². The maximum absolute atomic E-state index is 13.0. The third kappa shape index (κ3) is 7.32. The van der Waals surface area contributed by atoms with E-state index in [1.54, 1.807) is 40.0 Å². The number of ether oxygens (including phenoxy) is 2. The number of hydrogen-bond acceptors (Lipinski definition) is 6. The summed E-state index contributed by atoms with van der Waals surface area (Å²) in [7, 11) is -2.27. The molecule has 0 bridgehead atoms. The first kappa shape index (κ1) is 26.9. The standard InChI is InChI=1S/C20H29Br2N3O6S/c1-6-24(5)18(26)30-12-15-10-14(11-25(15)19(27)31-20(2,3)4)23-32(28,29)17-9-13(21)7-8-16(17)22/h7-9,14-15,23H,6,10-12H2,1-5H3/t14-,15-/m1/s1. The zero-order chi connectivity index (χ0) is 24.3. The SMILES string of the molecule is CCN(C)C(=O)OC[C@H]1C[C@@H](NS(=O)(=O)c2cc(Br)ccc2Br)CN1C(=O)OC(C)(C)C. The largest absolute Gasteiger partial charge is 0.447 e. The maximum atomic E-state index is 13.0. The molecule has 0 saturated carbocycles. The summed E-state index contributed by atoms with van der Waals surface area (Å²) in [6, 6.07) is 3.74. The molecular formula is C20H29Br2N3O6S. The van der Waals surface area contributed by atoms with Crippen LogP contribution in [0, 0.1) is 0 Å². The van der Waals surface area contributed by atoms with Crippen LogP contribution in [0.1, 0.15) is 34.1 Å². The van der Waals surface area contributed by atoms with Gasteiger partial charge >= 0.3 is 12.2 Å². The van der Waals surface area contributed by atoms with E-state index < -0.39 is 39.9 Å². The summed E-state index contributed by atoms with van der Waals surface area (Å²) < 4.78 is 40.5. The number of hydrogen-bond donors (Lipinski definition) is 1. The molecule has 2 amide bonds. The normalized spacial score (nSPS) is 19.0. The fraction of sp³-hybridized carbons (Fsp3) is 0.600. The summed E-state index contributed by atoms with van der Waals surface area (Å²) in [5.74, 6) is 0. The summed E-state index contributed by atoms with van der Waals surface area (Å²) in [5.41, 5.74) is -0.723. The van der Waals surface area contributed by atoms with Crippen LogP contribution in [-0.2, 0) is 19.5 Å². The molecule has 1 heterocycles. The minimum Gasteiger partial charge on any atom is -0.447 e. The average molecular weight is 599 g/mol. The molecule has 1 aliphatic heterocycles. The maximum Gasteiger partial charge on any atom is 0.410 e. The van der Waals surface area contributed by atoms with Crippen molar-refractivity contribution in [3.63, 3.8) is 0 Å². The number of halogens is 2. The van der Waals surface area contributed by atoms with E-state index in [1.165, 1.54) is 15.9 Å². The van der Waals surface area contributed by atoms with Gasteiger partial charge in [-0.2, -0.15) is 0 Å².